The van der Waals surface area contributed by atoms with Crippen molar-refractivity contribution < 1.29 is 10.2 Å². The highest BCUT2D eigenvalue weighted by atomic mass is 16.3. The van der Waals surface area contributed by atoms with Crippen LogP contribution in [-0.4, -0.2) is 36.4 Å². The quantitative estimate of drug-likeness (QED) is 0.291. The van der Waals surface area contributed by atoms with Crippen LogP contribution in [0.1, 0.15) is 0 Å². The number of phenols is 2. The summed E-state index contributed by atoms with van der Waals surface area (Å²) in [7, 11) is 0. The molecule has 0 atom stereocenters. The zero-order valence-corrected chi connectivity index (χ0v) is 14.6. The Hall–Kier alpha value is -2.96. The summed E-state index contributed by atoms with van der Waals surface area (Å²) in [6, 6.07) is 7.25. The molecule has 0 aliphatic heterocycles. The Morgan fingerprint density at radius 2 is 1.08 bits per heavy atom. The van der Waals surface area contributed by atoms with Crippen molar-refractivity contribution in [3.63, 3.8) is 0 Å². The highest BCUT2D eigenvalue weighted by Gasteiger charge is 2.19. The number of nitrogens with one attached hydrogen (secondary N) is 2. The Labute approximate surface area is 151 Å². The third kappa shape index (κ3) is 2.79. The van der Waals surface area contributed by atoms with Crippen LogP contribution in [0.2, 0.25) is 0 Å². The van der Waals surface area contributed by atoms with Crippen molar-refractivity contribution in [1.29, 1.82) is 0 Å². The SMILES string of the molecule is C=c1ccc(=C)c2c(O)c3c(NCCN)ccc(NCCN)c3c(O)c12. The predicted octanol–water partition coefficient (Wildman–Crippen LogP) is 0.966. The molecule has 3 aromatic carbocycles. The molecule has 0 heterocycles. The minimum Gasteiger partial charge on any atom is -0.507 e. The average molecular weight is 352 g/mol. The number of phenolic OH excluding ortho intramolecular Hbond substituents is 2. The average Bonchev–Trinajstić information content (AvgIpc) is 2.64. The fourth-order valence-electron chi connectivity index (χ4n) is 3.28. The highest BCUT2D eigenvalue weighted by molar-refractivity contribution is 6.18. The van der Waals surface area contributed by atoms with Gasteiger partial charge in [0.15, 0.2) is 0 Å². The minimum absolute atomic E-state index is 0.0548. The van der Waals surface area contributed by atoms with Crippen molar-refractivity contribution in [2.75, 3.05) is 36.8 Å². The molecule has 0 aliphatic carbocycles. The summed E-state index contributed by atoms with van der Waals surface area (Å²) in [5, 5.41) is 31.8. The van der Waals surface area contributed by atoms with Crippen molar-refractivity contribution in [3.8, 4) is 11.5 Å². The first-order valence-corrected chi connectivity index (χ1v) is 8.50. The topological polar surface area (TPSA) is 117 Å². The van der Waals surface area contributed by atoms with Crippen LogP contribution in [0.4, 0.5) is 11.4 Å². The number of aromatic hydroxyl groups is 2. The Kier molecular flexibility index (Phi) is 4.88. The Balaban J connectivity index is 2.50. The van der Waals surface area contributed by atoms with E-state index in [1.807, 2.05) is 12.1 Å². The van der Waals surface area contributed by atoms with Gasteiger partial charge in [0, 0.05) is 48.3 Å². The summed E-state index contributed by atoms with van der Waals surface area (Å²) in [6.07, 6.45) is 0. The van der Waals surface area contributed by atoms with Crippen molar-refractivity contribution >= 4 is 46.1 Å². The largest absolute Gasteiger partial charge is 0.507 e. The first kappa shape index (κ1) is 17.8. The molecule has 0 fully saturated rings. The van der Waals surface area contributed by atoms with Gasteiger partial charge in [-0.1, -0.05) is 25.3 Å². The maximum atomic E-state index is 11.1. The molecule has 8 N–H and O–H groups in total. The van der Waals surface area contributed by atoms with Gasteiger partial charge in [0.05, 0.1) is 10.8 Å². The van der Waals surface area contributed by atoms with E-state index in [2.05, 4.69) is 23.8 Å². The lowest BCUT2D eigenvalue weighted by Gasteiger charge is -2.18. The summed E-state index contributed by atoms with van der Waals surface area (Å²) in [6.45, 7) is 9.94. The summed E-state index contributed by atoms with van der Waals surface area (Å²) in [5.41, 5.74) is 12.6. The van der Waals surface area contributed by atoms with Gasteiger partial charge >= 0.3 is 0 Å². The third-order valence-electron chi connectivity index (χ3n) is 4.45. The molecule has 0 radical (unpaired) electrons. The molecule has 0 amide bonds. The second kappa shape index (κ2) is 7.11. The number of fused-ring (bicyclic) bond motifs is 2. The van der Waals surface area contributed by atoms with E-state index in [0.29, 0.717) is 69.5 Å². The van der Waals surface area contributed by atoms with Crippen molar-refractivity contribution in [1.82, 2.24) is 0 Å². The number of nitrogens with two attached hydrogens (primary N) is 2. The fourth-order valence-corrected chi connectivity index (χ4v) is 3.28. The highest BCUT2D eigenvalue weighted by Crippen LogP contribution is 2.45. The number of hydrogen-bond donors (Lipinski definition) is 6. The van der Waals surface area contributed by atoms with Crippen LogP contribution in [0, 0.1) is 0 Å². The Bertz CT molecular complexity index is 993. The summed E-state index contributed by atoms with van der Waals surface area (Å²) < 4.78 is 0. The third-order valence-corrected chi connectivity index (χ3v) is 4.45. The van der Waals surface area contributed by atoms with Crippen LogP contribution in [0.3, 0.4) is 0 Å². The standard InChI is InChI=1S/C20H24N4O2/c1-11-3-4-12(2)16-15(11)19(25)17-13(23-9-7-21)5-6-14(24-10-8-22)18(17)20(16)26/h3-6,23-26H,1-2,7-10,21-22H2. The van der Waals surface area contributed by atoms with Gasteiger partial charge < -0.3 is 32.3 Å². The van der Waals surface area contributed by atoms with Crippen molar-refractivity contribution in [2.45, 2.75) is 0 Å². The van der Waals surface area contributed by atoms with Crippen LogP contribution in [0.5, 0.6) is 11.5 Å². The summed E-state index contributed by atoms with van der Waals surface area (Å²) in [5.74, 6) is 0.110. The molecular weight excluding hydrogens is 328 g/mol. The minimum atomic E-state index is 0.0548. The number of rotatable bonds is 6. The van der Waals surface area contributed by atoms with Gasteiger partial charge in [0.1, 0.15) is 11.5 Å². The zero-order chi connectivity index (χ0) is 18.8. The van der Waals surface area contributed by atoms with E-state index in [1.54, 1.807) is 12.1 Å². The molecule has 0 aromatic heterocycles. The molecule has 136 valence electrons. The van der Waals surface area contributed by atoms with E-state index in [1.165, 1.54) is 0 Å². The summed E-state index contributed by atoms with van der Waals surface area (Å²) >= 11 is 0. The number of hydrogen-bond acceptors (Lipinski definition) is 6. The monoisotopic (exact) mass is 352 g/mol. The van der Waals surface area contributed by atoms with E-state index in [4.69, 9.17) is 11.5 Å². The van der Waals surface area contributed by atoms with Crippen LogP contribution in [0.25, 0.3) is 34.7 Å². The lowest BCUT2D eigenvalue weighted by Crippen LogP contribution is -2.15. The predicted molar refractivity (Wildman–Crippen MR) is 110 cm³/mol. The lowest BCUT2D eigenvalue weighted by molar-refractivity contribution is 0.478. The molecule has 6 nitrogen and oxygen atoms in total. The summed E-state index contributed by atoms with van der Waals surface area (Å²) in [4.78, 5) is 0. The van der Waals surface area contributed by atoms with E-state index < -0.39 is 0 Å². The molecule has 26 heavy (non-hydrogen) atoms. The first-order valence-electron chi connectivity index (χ1n) is 8.50. The molecule has 0 bridgehead atoms. The van der Waals surface area contributed by atoms with Gasteiger partial charge in [0.2, 0.25) is 0 Å². The van der Waals surface area contributed by atoms with Gasteiger partial charge in [-0.15, -0.1) is 0 Å². The van der Waals surface area contributed by atoms with Crippen LogP contribution < -0.4 is 32.5 Å². The number of benzene rings is 3. The molecule has 0 unspecified atom stereocenters. The van der Waals surface area contributed by atoms with Gasteiger partial charge in [0.25, 0.3) is 0 Å². The molecular formula is C20H24N4O2. The van der Waals surface area contributed by atoms with Crippen LogP contribution in [-0.2, 0) is 0 Å². The molecule has 3 rings (SSSR count). The normalized spacial score (nSPS) is 11.2. The molecule has 3 aromatic rings. The van der Waals surface area contributed by atoms with Crippen molar-refractivity contribution in [2.24, 2.45) is 11.5 Å². The fraction of sp³-hybridized carbons (Fsp3) is 0.200. The molecule has 0 spiro atoms. The van der Waals surface area contributed by atoms with E-state index >= 15 is 0 Å². The van der Waals surface area contributed by atoms with Crippen LogP contribution in [0.15, 0.2) is 24.3 Å². The Morgan fingerprint density at radius 3 is 1.42 bits per heavy atom. The first-order chi connectivity index (χ1) is 12.5. The van der Waals surface area contributed by atoms with Gasteiger partial charge in [-0.2, -0.15) is 0 Å². The lowest BCUT2D eigenvalue weighted by atomic mass is 9.96. The van der Waals surface area contributed by atoms with E-state index in [-0.39, 0.29) is 11.5 Å². The number of anilines is 2. The molecule has 0 aliphatic rings. The smallest absolute Gasteiger partial charge is 0.134 e. The van der Waals surface area contributed by atoms with Crippen molar-refractivity contribution in [3.05, 3.63) is 34.7 Å². The molecule has 0 saturated heterocycles. The van der Waals surface area contributed by atoms with E-state index in [9.17, 15) is 10.2 Å². The van der Waals surface area contributed by atoms with Crippen LogP contribution >= 0.6 is 0 Å². The van der Waals surface area contributed by atoms with Gasteiger partial charge in [-0.05, 0) is 22.6 Å². The molecule has 0 saturated carbocycles. The molecule has 6 heteroatoms. The second-order valence-electron chi connectivity index (χ2n) is 6.17. The maximum Gasteiger partial charge on any atom is 0.134 e. The maximum absolute atomic E-state index is 11.1. The zero-order valence-electron chi connectivity index (χ0n) is 14.6. The second-order valence-corrected chi connectivity index (χ2v) is 6.17. The van der Waals surface area contributed by atoms with Gasteiger partial charge in [-0.25, -0.2) is 0 Å². The Morgan fingerprint density at radius 1 is 0.692 bits per heavy atom. The van der Waals surface area contributed by atoms with E-state index in [0.717, 1.165) is 0 Å². The van der Waals surface area contributed by atoms with Gasteiger partial charge in [-0.3, -0.25) is 0 Å².